The van der Waals surface area contributed by atoms with Gasteiger partial charge in [-0.15, -0.1) is 0 Å². The van der Waals surface area contributed by atoms with Crippen molar-refractivity contribution in [2.24, 2.45) is 0 Å². The van der Waals surface area contributed by atoms with Crippen LogP contribution in [0.3, 0.4) is 0 Å². The highest BCUT2D eigenvalue weighted by atomic mass is 16.5. The molecular formula is C32H40N2O5. The topological polar surface area (TPSA) is 63.6 Å². The Morgan fingerprint density at radius 2 is 1.77 bits per heavy atom. The molecular weight excluding hydrogens is 492 g/mol. The molecule has 1 N–H and O–H groups in total. The number of fused-ring (bicyclic) bond motifs is 1. The summed E-state index contributed by atoms with van der Waals surface area (Å²) in [5, 5.41) is 11.4. The summed E-state index contributed by atoms with van der Waals surface area (Å²) < 4.78 is 23.2. The fourth-order valence-corrected chi connectivity index (χ4v) is 5.70. The highest BCUT2D eigenvalue weighted by Gasteiger charge is 2.38. The second-order valence-electron chi connectivity index (χ2n) is 10.4. The standard InChI is InChI=1S/C32H40N2O5/c1-36-17-6-15-34-16-18-38-30-14-9-25(19-28(30)34)23-39-31-22-33(20-24-7-4-3-5-8-24)21-29(35)32(31)26-10-12-27(37-2)13-11-26/h3-5,7-14,19,29,31-32,35H,6,15-18,20-23H2,1-2H3. The zero-order valence-electron chi connectivity index (χ0n) is 23.0. The monoisotopic (exact) mass is 532 g/mol. The van der Waals surface area contributed by atoms with E-state index in [0.717, 1.165) is 67.5 Å². The van der Waals surface area contributed by atoms with E-state index in [1.807, 2.05) is 30.3 Å². The predicted octanol–water partition coefficient (Wildman–Crippen LogP) is 4.48. The number of likely N-dealkylation sites (tertiary alicyclic amines) is 1. The molecule has 3 atom stereocenters. The fourth-order valence-electron chi connectivity index (χ4n) is 5.70. The zero-order valence-corrected chi connectivity index (χ0v) is 23.0. The Labute approximate surface area is 231 Å². The quantitative estimate of drug-likeness (QED) is 0.366. The van der Waals surface area contributed by atoms with Gasteiger partial charge >= 0.3 is 0 Å². The minimum Gasteiger partial charge on any atom is -0.497 e. The minimum absolute atomic E-state index is 0.130. The maximum absolute atomic E-state index is 11.4. The Kier molecular flexibility index (Phi) is 9.37. The Bertz CT molecular complexity index is 1170. The van der Waals surface area contributed by atoms with E-state index in [4.69, 9.17) is 18.9 Å². The first-order chi connectivity index (χ1) is 19.1. The number of ether oxygens (including phenoxy) is 4. The molecule has 0 radical (unpaired) electrons. The van der Waals surface area contributed by atoms with Gasteiger partial charge < -0.3 is 29.0 Å². The van der Waals surface area contributed by atoms with Gasteiger partial charge in [-0.25, -0.2) is 0 Å². The van der Waals surface area contributed by atoms with E-state index < -0.39 is 6.10 Å². The molecule has 2 aliphatic rings. The molecule has 0 saturated carbocycles. The number of aliphatic hydroxyl groups is 1. The largest absolute Gasteiger partial charge is 0.497 e. The van der Waals surface area contributed by atoms with Crippen LogP contribution in [0.4, 0.5) is 5.69 Å². The van der Waals surface area contributed by atoms with E-state index >= 15 is 0 Å². The summed E-state index contributed by atoms with van der Waals surface area (Å²) >= 11 is 0. The van der Waals surface area contributed by atoms with Gasteiger partial charge in [-0.2, -0.15) is 0 Å². The van der Waals surface area contributed by atoms with Gasteiger partial charge in [0.1, 0.15) is 18.1 Å². The SMILES string of the molecule is COCCCN1CCOc2ccc(COC3CN(Cc4ccccc4)CC(O)C3c3ccc(OC)cc3)cc21. The van der Waals surface area contributed by atoms with Gasteiger partial charge in [0, 0.05) is 45.8 Å². The van der Waals surface area contributed by atoms with Gasteiger partial charge in [0.2, 0.25) is 0 Å². The van der Waals surface area contributed by atoms with E-state index in [1.165, 1.54) is 5.56 Å². The van der Waals surface area contributed by atoms with Crippen LogP contribution in [0.25, 0.3) is 0 Å². The van der Waals surface area contributed by atoms with Crippen LogP contribution in [0.1, 0.15) is 29.0 Å². The molecule has 0 amide bonds. The summed E-state index contributed by atoms with van der Waals surface area (Å²) in [4.78, 5) is 4.66. The van der Waals surface area contributed by atoms with Crippen LogP contribution < -0.4 is 14.4 Å². The van der Waals surface area contributed by atoms with Crippen LogP contribution in [0.5, 0.6) is 11.5 Å². The summed E-state index contributed by atoms with van der Waals surface area (Å²) in [6.45, 7) is 5.80. The Morgan fingerprint density at radius 1 is 0.949 bits per heavy atom. The van der Waals surface area contributed by atoms with Gasteiger partial charge in [-0.3, -0.25) is 4.90 Å². The first-order valence-electron chi connectivity index (χ1n) is 13.8. The molecule has 3 unspecified atom stereocenters. The van der Waals surface area contributed by atoms with E-state index in [2.05, 4.69) is 52.3 Å². The third-order valence-corrected chi connectivity index (χ3v) is 7.67. The van der Waals surface area contributed by atoms with E-state index in [9.17, 15) is 5.11 Å². The van der Waals surface area contributed by atoms with Crippen LogP contribution in [-0.2, 0) is 22.6 Å². The maximum atomic E-state index is 11.4. The maximum Gasteiger partial charge on any atom is 0.142 e. The van der Waals surface area contributed by atoms with Crippen molar-refractivity contribution in [3.05, 3.63) is 89.5 Å². The number of piperidine rings is 1. The molecule has 208 valence electrons. The Hall–Kier alpha value is -3.10. The van der Waals surface area contributed by atoms with Crippen molar-refractivity contribution in [3.63, 3.8) is 0 Å². The van der Waals surface area contributed by atoms with Gasteiger partial charge in [-0.05, 0) is 47.4 Å². The van der Waals surface area contributed by atoms with Gasteiger partial charge in [0.25, 0.3) is 0 Å². The molecule has 3 aromatic carbocycles. The van der Waals surface area contributed by atoms with Crippen LogP contribution >= 0.6 is 0 Å². The molecule has 0 bridgehead atoms. The number of anilines is 1. The van der Waals surface area contributed by atoms with Gasteiger partial charge in [-0.1, -0.05) is 48.5 Å². The lowest BCUT2D eigenvalue weighted by atomic mass is 9.84. The van der Waals surface area contributed by atoms with Crippen LogP contribution in [0.2, 0.25) is 0 Å². The number of nitrogens with zero attached hydrogens (tertiary/aromatic N) is 2. The summed E-state index contributed by atoms with van der Waals surface area (Å²) in [5.41, 5.74) is 4.50. The van der Waals surface area contributed by atoms with Crippen molar-refractivity contribution in [2.75, 3.05) is 58.5 Å². The summed E-state index contributed by atoms with van der Waals surface area (Å²) in [6, 6.07) is 24.7. The molecule has 5 rings (SSSR count). The van der Waals surface area contributed by atoms with Crippen molar-refractivity contribution in [1.29, 1.82) is 0 Å². The van der Waals surface area contributed by atoms with Gasteiger partial charge in [0.15, 0.2) is 0 Å². The number of hydrogen-bond acceptors (Lipinski definition) is 7. The summed E-state index contributed by atoms with van der Waals surface area (Å²) in [7, 11) is 3.41. The second kappa shape index (κ2) is 13.3. The average Bonchev–Trinajstić information content (AvgIpc) is 2.97. The van der Waals surface area contributed by atoms with Crippen molar-refractivity contribution in [3.8, 4) is 11.5 Å². The fraction of sp³-hybridized carbons (Fsp3) is 0.438. The molecule has 2 heterocycles. The lowest BCUT2D eigenvalue weighted by Gasteiger charge is -2.42. The highest BCUT2D eigenvalue weighted by molar-refractivity contribution is 5.61. The molecule has 0 aliphatic carbocycles. The number of hydrogen-bond donors (Lipinski definition) is 1. The second-order valence-corrected chi connectivity index (χ2v) is 10.4. The van der Waals surface area contributed by atoms with Crippen molar-refractivity contribution in [1.82, 2.24) is 4.90 Å². The predicted molar refractivity (Wildman–Crippen MR) is 153 cm³/mol. The van der Waals surface area contributed by atoms with Crippen LogP contribution in [0.15, 0.2) is 72.8 Å². The minimum atomic E-state index is -0.547. The number of β-amino-alcohol motifs (C(OH)–C–C–N with tert-alkyl or cyclic N) is 1. The lowest BCUT2D eigenvalue weighted by Crippen LogP contribution is -2.51. The zero-order chi connectivity index (χ0) is 27.0. The summed E-state index contributed by atoms with van der Waals surface area (Å²) in [6.07, 6.45) is 0.252. The van der Waals surface area contributed by atoms with Crippen LogP contribution in [-0.4, -0.2) is 75.8 Å². The lowest BCUT2D eigenvalue weighted by molar-refractivity contribution is -0.0744. The first-order valence-corrected chi connectivity index (χ1v) is 13.8. The molecule has 0 spiro atoms. The number of rotatable bonds is 11. The van der Waals surface area contributed by atoms with Crippen LogP contribution in [0, 0.1) is 0 Å². The van der Waals surface area contributed by atoms with Crippen molar-refractivity contribution in [2.45, 2.75) is 37.7 Å². The van der Waals surface area contributed by atoms with E-state index in [-0.39, 0.29) is 12.0 Å². The number of aliphatic hydroxyl groups excluding tert-OH is 1. The molecule has 7 nitrogen and oxygen atoms in total. The smallest absolute Gasteiger partial charge is 0.142 e. The number of methoxy groups -OCH3 is 2. The normalized spacial score (nSPS) is 21.3. The number of benzene rings is 3. The summed E-state index contributed by atoms with van der Waals surface area (Å²) in [5.74, 6) is 1.59. The molecule has 2 aliphatic heterocycles. The average molecular weight is 533 g/mol. The Morgan fingerprint density at radius 3 is 2.54 bits per heavy atom. The van der Waals surface area contributed by atoms with Crippen molar-refractivity contribution < 1.29 is 24.1 Å². The highest BCUT2D eigenvalue weighted by Crippen LogP contribution is 2.35. The van der Waals surface area contributed by atoms with Gasteiger partial charge in [0.05, 0.1) is 38.2 Å². The molecule has 1 saturated heterocycles. The first kappa shape index (κ1) is 27.5. The molecule has 1 fully saturated rings. The van der Waals surface area contributed by atoms with Crippen molar-refractivity contribution >= 4 is 5.69 Å². The third kappa shape index (κ3) is 6.92. The molecule has 3 aromatic rings. The Balaban J connectivity index is 1.33. The molecule has 39 heavy (non-hydrogen) atoms. The van der Waals surface area contributed by atoms with E-state index in [1.54, 1.807) is 14.2 Å². The molecule has 0 aromatic heterocycles. The third-order valence-electron chi connectivity index (χ3n) is 7.67. The van der Waals surface area contributed by atoms with E-state index in [0.29, 0.717) is 19.8 Å². The molecule has 7 heteroatoms.